The molecule has 0 unspecified atom stereocenters. The summed E-state index contributed by atoms with van der Waals surface area (Å²) in [6, 6.07) is 8.92. The number of nitrogens with one attached hydrogen (secondary N) is 1. The van der Waals surface area contributed by atoms with Crippen molar-refractivity contribution in [2.24, 2.45) is 5.92 Å². The standard InChI is InChI=1S/C18H23NO4S/c1-13-7-9-18(10-8-13,17(22)23)19-16(21)12-24-11-15(20)14-5-3-2-4-6-14/h2-6,13H,7-12H2,1H3,(H,19,21)(H,22,23). The second-order valence-corrected chi connectivity index (χ2v) is 7.39. The van der Waals surface area contributed by atoms with Crippen molar-refractivity contribution in [1.29, 1.82) is 0 Å². The zero-order valence-electron chi connectivity index (χ0n) is 13.8. The first-order valence-electron chi connectivity index (χ1n) is 8.13. The highest BCUT2D eigenvalue weighted by atomic mass is 32.2. The summed E-state index contributed by atoms with van der Waals surface area (Å²) in [5, 5.41) is 12.2. The van der Waals surface area contributed by atoms with Crippen LogP contribution in [0.15, 0.2) is 30.3 Å². The lowest BCUT2D eigenvalue weighted by molar-refractivity contribution is -0.149. The van der Waals surface area contributed by atoms with Gasteiger partial charge in [-0.2, -0.15) is 0 Å². The first-order valence-corrected chi connectivity index (χ1v) is 9.29. The summed E-state index contributed by atoms with van der Waals surface area (Å²) in [6.45, 7) is 2.10. The molecular weight excluding hydrogens is 326 g/mol. The lowest BCUT2D eigenvalue weighted by Gasteiger charge is -2.36. The zero-order valence-corrected chi connectivity index (χ0v) is 14.6. The number of hydrogen-bond donors (Lipinski definition) is 2. The van der Waals surface area contributed by atoms with Gasteiger partial charge in [-0.25, -0.2) is 4.79 Å². The molecule has 0 spiro atoms. The van der Waals surface area contributed by atoms with Gasteiger partial charge in [0.25, 0.3) is 0 Å². The van der Waals surface area contributed by atoms with E-state index in [0.29, 0.717) is 24.3 Å². The van der Waals surface area contributed by atoms with Gasteiger partial charge in [-0.05, 0) is 31.6 Å². The van der Waals surface area contributed by atoms with Crippen LogP contribution in [0.5, 0.6) is 0 Å². The van der Waals surface area contributed by atoms with Gasteiger partial charge in [-0.1, -0.05) is 37.3 Å². The first kappa shape index (κ1) is 18.5. The lowest BCUT2D eigenvalue weighted by atomic mass is 9.77. The van der Waals surface area contributed by atoms with E-state index in [9.17, 15) is 19.5 Å². The Morgan fingerprint density at radius 3 is 2.38 bits per heavy atom. The maximum atomic E-state index is 12.1. The van der Waals surface area contributed by atoms with E-state index in [1.165, 1.54) is 11.8 Å². The van der Waals surface area contributed by atoms with Crippen molar-refractivity contribution in [2.45, 2.75) is 38.1 Å². The predicted octanol–water partition coefficient (Wildman–Crippen LogP) is 2.75. The molecule has 2 N–H and O–H groups in total. The minimum absolute atomic E-state index is 0.0344. The normalized spacial score (nSPS) is 23.5. The number of thioether (sulfide) groups is 1. The van der Waals surface area contributed by atoms with Crippen LogP contribution < -0.4 is 5.32 Å². The Kier molecular flexibility index (Phi) is 6.43. The van der Waals surface area contributed by atoms with Crippen LogP contribution in [-0.4, -0.2) is 39.8 Å². The number of carbonyl (C=O) groups is 3. The van der Waals surface area contributed by atoms with Crippen molar-refractivity contribution >= 4 is 29.4 Å². The van der Waals surface area contributed by atoms with Gasteiger partial charge in [0.2, 0.25) is 5.91 Å². The predicted molar refractivity (Wildman–Crippen MR) is 94.2 cm³/mol. The van der Waals surface area contributed by atoms with E-state index in [1.807, 2.05) is 6.07 Å². The van der Waals surface area contributed by atoms with E-state index >= 15 is 0 Å². The molecule has 130 valence electrons. The number of rotatable bonds is 7. The molecule has 0 aromatic heterocycles. The van der Waals surface area contributed by atoms with Gasteiger partial charge >= 0.3 is 5.97 Å². The molecule has 0 aliphatic heterocycles. The van der Waals surface area contributed by atoms with Gasteiger partial charge in [0, 0.05) is 5.56 Å². The van der Waals surface area contributed by atoms with Gasteiger partial charge in [-0.3, -0.25) is 9.59 Å². The SMILES string of the molecule is CC1CCC(NC(=O)CSCC(=O)c2ccccc2)(C(=O)O)CC1. The van der Waals surface area contributed by atoms with Crippen LogP contribution in [0.1, 0.15) is 43.0 Å². The number of ketones is 1. The molecule has 0 radical (unpaired) electrons. The number of carboxylic acids is 1. The van der Waals surface area contributed by atoms with Crippen molar-refractivity contribution in [3.05, 3.63) is 35.9 Å². The molecule has 0 heterocycles. The van der Waals surface area contributed by atoms with E-state index in [2.05, 4.69) is 12.2 Å². The monoisotopic (exact) mass is 349 g/mol. The number of Topliss-reactive ketones (excluding diaryl/α,β-unsaturated/α-hetero) is 1. The average Bonchev–Trinajstić information content (AvgIpc) is 2.57. The summed E-state index contributed by atoms with van der Waals surface area (Å²) in [6.07, 6.45) is 2.52. The number of carbonyl (C=O) groups excluding carboxylic acids is 2. The second-order valence-electron chi connectivity index (χ2n) is 6.40. The fraction of sp³-hybridized carbons (Fsp3) is 0.500. The van der Waals surface area contributed by atoms with Crippen molar-refractivity contribution in [2.75, 3.05) is 11.5 Å². The Morgan fingerprint density at radius 1 is 1.17 bits per heavy atom. The lowest BCUT2D eigenvalue weighted by Crippen LogP contribution is -2.56. The molecule has 24 heavy (non-hydrogen) atoms. The summed E-state index contributed by atoms with van der Waals surface area (Å²) in [5.41, 5.74) is -0.526. The van der Waals surface area contributed by atoms with Crippen molar-refractivity contribution in [3.63, 3.8) is 0 Å². The Morgan fingerprint density at radius 2 is 1.79 bits per heavy atom. The fourth-order valence-electron chi connectivity index (χ4n) is 2.89. The Labute approximate surface area is 146 Å². The molecule has 1 aromatic rings. The van der Waals surface area contributed by atoms with Crippen LogP contribution in [0.25, 0.3) is 0 Å². The first-order chi connectivity index (χ1) is 11.4. The number of amides is 1. The molecule has 1 amide bonds. The molecule has 5 nitrogen and oxygen atoms in total. The van der Waals surface area contributed by atoms with E-state index in [-0.39, 0.29) is 23.2 Å². The fourth-order valence-corrected chi connectivity index (χ4v) is 3.61. The highest BCUT2D eigenvalue weighted by molar-refractivity contribution is 8.00. The van der Waals surface area contributed by atoms with Crippen LogP contribution in [0.3, 0.4) is 0 Å². The minimum atomic E-state index is -1.15. The molecule has 0 atom stereocenters. The van der Waals surface area contributed by atoms with E-state index in [4.69, 9.17) is 0 Å². The summed E-state index contributed by atoms with van der Waals surface area (Å²) < 4.78 is 0. The van der Waals surface area contributed by atoms with Crippen LogP contribution in [0.4, 0.5) is 0 Å². The number of aliphatic carboxylic acids is 1. The van der Waals surface area contributed by atoms with Gasteiger partial charge in [0.05, 0.1) is 11.5 Å². The van der Waals surface area contributed by atoms with Gasteiger partial charge in [0.1, 0.15) is 5.54 Å². The largest absolute Gasteiger partial charge is 0.480 e. The molecule has 6 heteroatoms. The Balaban J connectivity index is 1.82. The second kappa shape index (κ2) is 8.33. The summed E-state index contributed by atoms with van der Waals surface area (Å²) in [7, 11) is 0. The smallest absolute Gasteiger partial charge is 0.329 e. The third kappa shape index (κ3) is 4.84. The van der Waals surface area contributed by atoms with Crippen LogP contribution in [0, 0.1) is 5.92 Å². The average molecular weight is 349 g/mol. The molecular formula is C18H23NO4S. The quantitative estimate of drug-likeness (QED) is 0.740. The molecule has 1 aromatic carbocycles. The van der Waals surface area contributed by atoms with E-state index < -0.39 is 11.5 Å². The number of hydrogen-bond acceptors (Lipinski definition) is 4. The third-order valence-corrected chi connectivity index (χ3v) is 5.41. The molecule has 1 aliphatic carbocycles. The Hall–Kier alpha value is -1.82. The maximum absolute atomic E-state index is 12.1. The number of benzene rings is 1. The highest BCUT2D eigenvalue weighted by Crippen LogP contribution is 2.32. The minimum Gasteiger partial charge on any atom is -0.480 e. The molecule has 1 saturated carbocycles. The molecule has 0 bridgehead atoms. The zero-order chi connectivity index (χ0) is 17.6. The maximum Gasteiger partial charge on any atom is 0.329 e. The summed E-state index contributed by atoms with van der Waals surface area (Å²) in [5.74, 6) is -0.538. The Bertz CT molecular complexity index is 594. The summed E-state index contributed by atoms with van der Waals surface area (Å²) >= 11 is 1.21. The van der Waals surface area contributed by atoms with Gasteiger partial charge < -0.3 is 10.4 Å². The van der Waals surface area contributed by atoms with Crippen LogP contribution >= 0.6 is 11.8 Å². The van der Waals surface area contributed by atoms with Crippen molar-refractivity contribution in [3.8, 4) is 0 Å². The topological polar surface area (TPSA) is 83.5 Å². The van der Waals surface area contributed by atoms with Crippen LogP contribution in [0.2, 0.25) is 0 Å². The summed E-state index contributed by atoms with van der Waals surface area (Å²) in [4.78, 5) is 35.7. The van der Waals surface area contributed by atoms with E-state index in [0.717, 1.165) is 12.8 Å². The van der Waals surface area contributed by atoms with Crippen molar-refractivity contribution < 1.29 is 19.5 Å². The van der Waals surface area contributed by atoms with Crippen LogP contribution in [-0.2, 0) is 9.59 Å². The molecule has 2 rings (SSSR count). The number of carboxylic acid groups (broad SMARTS) is 1. The molecule has 0 saturated heterocycles. The molecule has 1 fully saturated rings. The van der Waals surface area contributed by atoms with Crippen molar-refractivity contribution in [1.82, 2.24) is 5.32 Å². The van der Waals surface area contributed by atoms with E-state index in [1.54, 1.807) is 24.3 Å². The molecule has 1 aliphatic rings. The van der Waals surface area contributed by atoms with Gasteiger partial charge in [-0.15, -0.1) is 11.8 Å². The van der Waals surface area contributed by atoms with Gasteiger partial charge in [0.15, 0.2) is 5.78 Å². The third-order valence-electron chi connectivity index (χ3n) is 4.48. The highest BCUT2D eigenvalue weighted by Gasteiger charge is 2.42.